The minimum Gasteiger partial charge on any atom is -0.495 e. The molecule has 3 aromatic rings. The van der Waals surface area contributed by atoms with Crippen LogP contribution in [0.25, 0.3) is 0 Å². The molecule has 0 fully saturated rings. The van der Waals surface area contributed by atoms with E-state index in [0.29, 0.717) is 28.3 Å². The molecule has 0 aliphatic carbocycles. The van der Waals surface area contributed by atoms with Crippen molar-refractivity contribution in [2.75, 3.05) is 17.7 Å². The van der Waals surface area contributed by atoms with Crippen molar-refractivity contribution in [3.05, 3.63) is 77.9 Å². The van der Waals surface area contributed by atoms with E-state index < -0.39 is 0 Å². The predicted octanol–water partition coefficient (Wildman–Crippen LogP) is 4.93. The van der Waals surface area contributed by atoms with Crippen LogP contribution in [0.4, 0.5) is 11.4 Å². The van der Waals surface area contributed by atoms with Gasteiger partial charge in [-0.3, -0.25) is 9.59 Å². The van der Waals surface area contributed by atoms with Crippen LogP contribution in [0, 0.1) is 11.3 Å². The van der Waals surface area contributed by atoms with Gasteiger partial charge in [0.05, 0.1) is 23.9 Å². The van der Waals surface area contributed by atoms with E-state index in [9.17, 15) is 14.9 Å². The van der Waals surface area contributed by atoms with Gasteiger partial charge in [-0.15, -0.1) is 0 Å². The molecule has 0 radical (unpaired) electrons. The summed E-state index contributed by atoms with van der Waals surface area (Å²) in [7, 11) is 1.51. The maximum Gasteiger partial charge on any atom is 0.256 e. The number of carbonyl (C=O) groups excluding carboxylic acids is 2. The minimum atomic E-state index is -0.328. The molecule has 0 aliphatic heterocycles. The fourth-order valence-corrected chi connectivity index (χ4v) is 3.81. The third-order valence-electron chi connectivity index (χ3n) is 4.13. The fraction of sp³-hybridized carbons (Fsp3) is 0.0870. The summed E-state index contributed by atoms with van der Waals surface area (Å²) < 4.78 is 5.33. The number of methoxy groups -OCH3 is 1. The van der Waals surface area contributed by atoms with Crippen molar-refractivity contribution < 1.29 is 14.3 Å². The topological polar surface area (TPSA) is 91.2 Å². The maximum absolute atomic E-state index is 13.0. The molecule has 0 saturated carbocycles. The van der Waals surface area contributed by atoms with Crippen LogP contribution in [0.15, 0.2) is 76.5 Å². The van der Waals surface area contributed by atoms with Crippen molar-refractivity contribution in [2.45, 2.75) is 16.7 Å². The predicted molar refractivity (Wildman–Crippen MR) is 117 cm³/mol. The van der Waals surface area contributed by atoms with E-state index in [-0.39, 0.29) is 11.8 Å². The number of nitrogens with zero attached hydrogens (tertiary/aromatic N) is 1. The lowest BCUT2D eigenvalue weighted by Crippen LogP contribution is -2.14. The molecule has 0 spiro atoms. The molecule has 0 heterocycles. The molecule has 2 amide bonds. The Bertz CT molecular complexity index is 1140. The van der Waals surface area contributed by atoms with Crippen LogP contribution in [-0.4, -0.2) is 18.9 Å². The monoisotopic (exact) mass is 417 g/mol. The molecule has 150 valence electrons. The summed E-state index contributed by atoms with van der Waals surface area (Å²) in [4.78, 5) is 25.9. The molecular formula is C23H19N3O3S. The third-order valence-corrected chi connectivity index (χ3v) is 5.28. The molecule has 0 unspecified atom stereocenters. The molecule has 0 bridgehead atoms. The average Bonchev–Trinajstić information content (AvgIpc) is 2.74. The van der Waals surface area contributed by atoms with E-state index in [2.05, 4.69) is 16.7 Å². The van der Waals surface area contributed by atoms with E-state index in [1.165, 1.54) is 25.8 Å². The van der Waals surface area contributed by atoms with Gasteiger partial charge in [0.1, 0.15) is 11.8 Å². The number of ether oxygens (including phenoxy) is 1. The van der Waals surface area contributed by atoms with Gasteiger partial charge in [0.15, 0.2) is 0 Å². The molecule has 3 aromatic carbocycles. The summed E-state index contributed by atoms with van der Waals surface area (Å²) in [5, 5.41) is 14.9. The molecule has 0 aliphatic rings. The number of amides is 2. The van der Waals surface area contributed by atoms with Crippen molar-refractivity contribution in [2.24, 2.45) is 0 Å². The lowest BCUT2D eigenvalue weighted by Gasteiger charge is -2.14. The second kappa shape index (κ2) is 9.63. The Morgan fingerprint density at radius 2 is 1.67 bits per heavy atom. The van der Waals surface area contributed by atoms with Crippen LogP contribution in [0.5, 0.6) is 5.75 Å². The van der Waals surface area contributed by atoms with Gasteiger partial charge in [-0.2, -0.15) is 5.26 Å². The van der Waals surface area contributed by atoms with Crippen molar-refractivity contribution >= 4 is 35.0 Å². The Balaban J connectivity index is 1.90. The second-order valence-electron chi connectivity index (χ2n) is 6.26. The highest BCUT2D eigenvalue weighted by molar-refractivity contribution is 7.99. The summed E-state index contributed by atoms with van der Waals surface area (Å²) in [6.07, 6.45) is 0. The van der Waals surface area contributed by atoms with Gasteiger partial charge in [0.25, 0.3) is 5.91 Å². The number of anilines is 2. The lowest BCUT2D eigenvalue weighted by molar-refractivity contribution is -0.114. The minimum absolute atomic E-state index is 0.213. The molecule has 7 heteroatoms. The summed E-state index contributed by atoms with van der Waals surface area (Å²) in [5.41, 5.74) is 1.99. The number of nitriles is 1. The molecule has 0 saturated heterocycles. The van der Waals surface area contributed by atoms with Crippen LogP contribution in [0.1, 0.15) is 22.8 Å². The third kappa shape index (κ3) is 4.99. The van der Waals surface area contributed by atoms with Gasteiger partial charge in [-0.1, -0.05) is 36.0 Å². The van der Waals surface area contributed by atoms with Gasteiger partial charge in [-0.05, 0) is 42.5 Å². The molecule has 0 atom stereocenters. The first kappa shape index (κ1) is 21.0. The van der Waals surface area contributed by atoms with Crippen LogP contribution in [0.3, 0.4) is 0 Å². The highest BCUT2D eigenvalue weighted by Gasteiger charge is 2.16. The largest absolute Gasteiger partial charge is 0.495 e. The number of rotatable bonds is 6. The smallest absolute Gasteiger partial charge is 0.256 e. The molecule has 0 aromatic heterocycles. The fourth-order valence-electron chi connectivity index (χ4n) is 2.79. The SMILES string of the molecule is COc1ccc(NC(C)=O)cc1NC(=O)c1ccccc1Sc1ccccc1C#N. The maximum atomic E-state index is 13.0. The first-order valence-corrected chi connectivity index (χ1v) is 9.86. The molecule has 30 heavy (non-hydrogen) atoms. The summed E-state index contributed by atoms with van der Waals surface area (Å²) in [6.45, 7) is 1.41. The van der Waals surface area contributed by atoms with Crippen LogP contribution < -0.4 is 15.4 Å². The van der Waals surface area contributed by atoms with Gasteiger partial charge in [0, 0.05) is 22.4 Å². The Morgan fingerprint density at radius 3 is 2.37 bits per heavy atom. The standard InChI is InChI=1S/C23H19N3O3S/c1-15(27)25-17-11-12-20(29-2)19(13-17)26-23(28)18-8-4-6-10-22(18)30-21-9-5-3-7-16(21)14-24/h3-13H,1-2H3,(H,25,27)(H,26,28). The molecular weight excluding hydrogens is 398 g/mol. The van der Waals surface area contributed by atoms with Gasteiger partial charge in [-0.25, -0.2) is 0 Å². The highest BCUT2D eigenvalue weighted by atomic mass is 32.2. The zero-order chi connectivity index (χ0) is 21.5. The number of hydrogen-bond donors (Lipinski definition) is 2. The van der Waals surface area contributed by atoms with E-state index in [4.69, 9.17) is 4.74 Å². The van der Waals surface area contributed by atoms with E-state index >= 15 is 0 Å². The summed E-state index contributed by atoms with van der Waals surface area (Å²) >= 11 is 1.35. The zero-order valence-corrected chi connectivity index (χ0v) is 17.2. The second-order valence-corrected chi connectivity index (χ2v) is 7.34. The number of benzene rings is 3. The zero-order valence-electron chi connectivity index (χ0n) is 16.4. The van der Waals surface area contributed by atoms with E-state index in [1.807, 2.05) is 24.3 Å². The van der Waals surface area contributed by atoms with Crippen molar-refractivity contribution in [3.8, 4) is 11.8 Å². The first-order valence-electron chi connectivity index (χ1n) is 9.05. The van der Waals surface area contributed by atoms with E-state index in [0.717, 1.165) is 9.79 Å². The van der Waals surface area contributed by atoms with Crippen LogP contribution >= 0.6 is 11.8 Å². The molecule has 6 nitrogen and oxygen atoms in total. The lowest BCUT2D eigenvalue weighted by atomic mass is 10.2. The van der Waals surface area contributed by atoms with Gasteiger partial charge < -0.3 is 15.4 Å². The Morgan fingerprint density at radius 1 is 0.967 bits per heavy atom. The summed E-state index contributed by atoms with van der Waals surface area (Å²) in [6, 6.07) is 21.6. The van der Waals surface area contributed by atoms with Crippen LogP contribution in [0.2, 0.25) is 0 Å². The molecule has 2 N–H and O–H groups in total. The Kier molecular flexibility index (Phi) is 6.73. The van der Waals surface area contributed by atoms with E-state index in [1.54, 1.807) is 42.5 Å². The van der Waals surface area contributed by atoms with Crippen molar-refractivity contribution in [1.29, 1.82) is 5.26 Å². The normalized spacial score (nSPS) is 10.0. The number of nitrogens with one attached hydrogen (secondary N) is 2. The highest BCUT2D eigenvalue weighted by Crippen LogP contribution is 2.34. The van der Waals surface area contributed by atoms with Crippen molar-refractivity contribution in [1.82, 2.24) is 0 Å². The van der Waals surface area contributed by atoms with Gasteiger partial charge >= 0.3 is 0 Å². The Hall–Kier alpha value is -3.76. The van der Waals surface area contributed by atoms with Gasteiger partial charge in [0.2, 0.25) is 5.91 Å². The average molecular weight is 417 g/mol. The molecule has 3 rings (SSSR count). The number of carbonyl (C=O) groups is 2. The summed E-state index contributed by atoms with van der Waals surface area (Å²) in [5.74, 6) is -0.0708. The number of hydrogen-bond acceptors (Lipinski definition) is 5. The Labute approximate surface area is 178 Å². The first-order chi connectivity index (χ1) is 14.5. The van der Waals surface area contributed by atoms with Crippen LogP contribution in [-0.2, 0) is 4.79 Å². The van der Waals surface area contributed by atoms with Crippen molar-refractivity contribution in [3.63, 3.8) is 0 Å². The quantitative estimate of drug-likeness (QED) is 0.593.